The molecule has 160 valence electrons. The van der Waals surface area contributed by atoms with Gasteiger partial charge in [0.2, 0.25) is 0 Å². The van der Waals surface area contributed by atoms with E-state index in [9.17, 15) is 4.79 Å². The fourth-order valence-electron chi connectivity index (χ4n) is 5.69. The van der Waals surface area contributed by atoms with Gasteiger partial charge in [0.05, 0.1) is 23.2 Å². The van der Waals surface area contributed by atoms with E-state index in [4.69, 9.17) is 14.8 Å². The second-order valence-corrected chi connectivity index (χ2v) is 9.59. The molecule has 0 atom stereocenters. The minimum absolute atomic E-state index is 0.224. The molecule has 2 saturated carbocycles. The highest BCUT2D eigenvalue weighted by atomic mass is 16.5. The van der Waals surface area contributed by atoms with Crippen LogP contribution >= 0.6 is 0 Å². The molecule has 3 aliphatic rings. The first-order chi connectivity index (χ1) is 14.6. The van der Waals surface area contributed by atoms with Crippen molar-refractivity contribution in [1.29, 1.82) is 0 Å². The van der Waals surface area contributed by atoms with Crippen LogP contribution in [0.15, 0.2) is 30.3 Å². The van der Waals surface area contributed by atoms with Gasteiger partial charge in [-0.15, -0.1) is 0 Å². The summed E-state index contributed by atoms with van der Waals surface area (Å²) >= 11 is 0. The Morgan fingerprint density at radius 2 is 1.73 bits per heavy atom. The van der Waals surface area contributed by atoms with E-state index in [0.29, 0.717) is 25.7 Å². The molecule has 0 spiro atoms. The molecule has 2 heterocycles. The number of carboxylic acids is 1. The number of hydrogen-bond acceptors (Lipinski definition) is 4. The monoisotopic (exact) mass is 408 g/mol. The molecule has 0 unspecified atom stereocenters. The minimum Gasteiger partial charge on any atom is -0.490 e. The van der Waals surface area contributed by atoms with Crippen molar-refractivity contribution in [1.82, 2.24) is 9.88 Å². The summed E-state index contributed by atoms with van der Waals surface area (Å²) in [6.45, 7) is 1.94. The van der Waals surface area contributed by atoms with Crippen LogP contribution in [-0.2, 0) is 11.3 Å². The van der Waals surface area contributed by atoms with Gasteiger partial charge < -0.3 is 9.84 Å². The number of likely N-dealkylation sites (tertiary alicyclic amines) is 1. The first kappa shape index (κ1) is 19.8. The maximum atomic E-state index is 11.0. The van der Waals surface area contributed by atoms with Gasteiger partial charge >= 0.3 is 5.97 Å². The lowest BCUT2D eigenvalue weighted by atomic mass is 9.78. The molecule has 3 fully saturated rings. The molecule has 1 aromatic carbocycles. The van der Waals surface area contributed by atoms with Gasteiger partial charge in [-0.1, -0.05) is 31.7 Å². The number of benzene rings is 1. The third kappa shape index (κ3) is 4.31. The number of aromatic nitrogens is 1. The average Bonchev–Trinajstić information content (AvgIpc) is 3.25. The third-order valence-electron chi connectivity index (χ3n) is 7.50. The van der Waals surface area contributed by atoms with Gasteiger partial charge in [-0.3, -0.25) is 14.7 Å². The van der Waals surface area contributed by atoms with Gasteiger partial charge in [-0.25, -0.2) is 0 Å². The Bertz CT molecular complexity index is 894. The normalized spacial score (nSPS) is 26.0. The number of ether oxygens (including phenoxy) is 1. The summed E-state index contributed by atoms with van der Waals surface area (Å²) in [5.41, 5.74) is 1.96. The van der Waals surface area contributed by atoms with E-state index in [0.717, 1.165) is 34.2 Å². The molecule has 1 aliphatic heterocycles. The van der Waals surface area contributed by atoms with Crippen molar-refractivity contribution in [3.05, 3.63) is 36.0 Å². The molecule has 30 heavy (non-hydrogen) atoms. The van der Waals surface area contributed by atoms with E-state index in [2.05, 4.69) is 23.1 Å². The Morgan fingerprint density at radius 3 is 2.47 bits per heavy atom. The Kier molecular flexibility index (Phi) is 5.64. The zero-order valence-electron chi connectivity index (χ0n) is 17.6. The van der Waals surface area contributed by atoms with E-state index in [1.807, 2.05) is 12.1 Å². The molecular weight excluding hydrogens is 376 g/mol. The van der Waals surface area contributed by atoms with Crippen LogP contribution in [0.3, 0.4) is 0 Å². The number of carboxylic acid groups (broad SMARTS) is 1. The molecule has 5 rings (SSSR count). The highest BCUT2D eigenvalue weighted by molar-refractivity contribution is 5.80. The van der Waals surface area contributed by atoms with Crippen molar-refractivity contribution in [3.8, 4) is 5.75 Å². The van der Waals surface area contributed by atoms with Crippen LogP contribution in [0.4, 0.5) is 0 Å². The summed E-state index contributed by atoms with van der Waals surface area (Å²) in [4.78, 5) is 17.8. The number of aliphatic carboxylic acids is 1. The molecule has 1 saturated heterocycles. The van der Waals surface area contributed by atoms with E-state index in [1.54, 1.807) is 0 Å². The maximum absolute atomic E-state index is 11.0. The van der Waals surface area contributed by atoms with Crippen molar-refractivity contribution in [2.45, 2.75) is 64.0 Å². The maximum Gasteiger partial charge on any atom is 0.309 e. The molecule has 5 nitrogen and oxygen atoms in total. The van der Waals surface area contributed by atoms with Crippen molar-refractivity contribution >= 4 is 16.9 Å². The van der Waals surface area contributed by atoms with Gasteiger partial charge in [0.15, 0.2) is 0 Å². The van der Waals surface area contributed by atoms with E-state index >= 15 is 0 Å². The topological polar surface area (TPSA) is 62.7 Å². The molecule has 2 aliphatic carbocycles. The molecule has 5 heteroatoms. The van der Waals surface area contributed by atoms with Gasteiger partial charge in [0.25, 0.3) is 0 Å². The predicted molar refractivity (Wildman–Crippen MR) is 116 cm³/mol. The SMILES string of the molecule is O=C(O)C1CN(Cc2ccc3cc(OC4CCC(C5CCCC5)CC4)ccc3n2)C1. The fraction of sp³-hybridized carbons (Fsp3) is 0.600. The highest BCUT2D eigenvalue weighted by Gasteiger charge is 2.32. The Labute approximate surface area is 178 Å². The number of pyridine rings is 1. The second-order valence-electron chi connectivity index (χ2n) is 9.59. The molecule has 1 N–H and O–H groups in total. The van der Waals surface area contributed by atoms with Crippen molar-refractivity contribution in [2.24, 2.45) is 17.8 Å². The van der Waals surface area contributed by atoms with E-state index in [1.165, 1.54) is 51.4 Å². The fourth-order valence-corrected chi connectivity index (χ4v) is 5.69. The summed E-state index contributed by atoms with van der Waals surface area (Å²) in [6.07, 6.45) is 11.2. The predicted octanol–water partition coefficient (Wildman–Crippen LogP) is 4.88. The molecule has 0 amide bonds. The lowest BCUT2D eigenvalue weighted by Gasteiger charge is -2.36. The minimum atomic E-state index is -0.697. The Hall–Kier alpha value is -2.14. The zero-order chi connectivity index (χ0) is 20.5. The molecule has 0 bridgehead atoms. The van der Waals surface area contributed by atoms with Gasteiger partial charge in [0.1, 0.15) is 5.75 Å². The number of hydrogen-bond donors (Lipinski definition) is 1. The van der Waals surface area contributed by atoms with E-state index < -0.39 is 5.97 Å². The van der Waals surface area contributed by atoms with E-state index in [-0.39, 0.29) is 5.92 Å². The average molecular weight is 409 g/mol. The second kappa shape index (κ2) is 8.54. The summed E-state index contributed by atoms with van der Waals surface area (Å²) in [7, 11) is 0. The molecule has 2 aromatic rings. The van der Waals surface area contributed by atoms with Gasteiger partial charge in [-0.05, 0) is 61.8 Å². The van der Waals surface area contributed by atoms with Crippen molar-refractivity contribution in [2.75, 3.05) is 13.1 Å². The summed E-state index contributed by atoms with van der Waals surface area (Å²) < 4.78 is 6.34. The van der Waals surface area contributed by atoms with Gasteiger partial charge in [0, 0.05) is 25.0 Å². The Morgan fingerprint density at radius 1 is 1.00 bits per heavy atom. The Balaban J connectivity index is 1.16. The van der Waals surface area contributed by atoms with Crippen molar-refractivity contribution in [3.63, 3.8) is 0 Å². The highest BCUT2D eigenvalue weighted by Crippen LogP contribution is 2.40. The smallest absolute Gasteiger partial charge is 0.309 e. The summed E-state index contributed by atoms with van der Waals surface area (Å²) in [5.74, 6) is 1.95. The number of rotatable bonds is 6. The van der Waals surface area contributed by atoms with Crippen LogP contribution in [0.25, 0.3) is 10.9 Å². The van der Waals surface area contributed by atoms with Crippen molar-refractivity contribution < 1.29 is 14.6 Å². The zero-order valence-corrected chi connectivity index (χ0v) is 17.6. The molecule has 0 radical (unpaired) electrons. The lowest BCUT2D eigenvalue weighted by molar-refractivity contribution is -0.147. The van der Waals surface area contributed by atoms with Crippen LogP contribution in [0.5, 0.6) is 5.75 Å². The lowest BCUT2D eigenvalue weighted by Crippen LogP contribution is -2.49. The number of fused-ring (bicyclic) bond motifs is 1. The van der Waals surface area contributed by atoms with Crippen LogP contribution in [0, 0.1) is 17.8 Å². The van der Waals surface area contributed by atoms with Crippen LogP contribution in [0.2, 0.25) is 0 Å². The standard InChI is InChI=1S/C25H32N2O3/c28-25(29)20-14-27(15-20)16-21-8-5-19-13-23(11-12-24(19)26-21)30-22-9-6-18(7-10-22)17-3-1-2-4-17/h5,8,11-13,17-18,20,22H,1-4,6-7,9-10,14-16H2,(H,28,29). The first-order valence-corrected chi connectivity index (χ1v) is 11.7. The summed E-state index contributed by atoms with van der Waals surface area (Å²) in [6, 6.07) is 10.4. The quantitative estimate of drug-likeness (QED) is 0.738. The van der Waals surface area contributed by atoms with Crippen LogP contribution in [-0.4, -0.2) is 40.2 Å². The molecular formula is C25H32N2O3. The van der Waals surface area contributed by atoms with Gasteiger partial charge in [-0.2, -0.15) is 0 Å². The van der Waals surface area contributed by atoms with Crippen LogP contribution < -0.4 is 4.74 Å². The number of carbonyl (C=O) groups is 1. The van der Waals surface area contributed by atoms with Crippen LogP contribution in [0.1, 0.15) is 57.1 Å². The third-order valence-corrected chi connectivity index (χ3v) is 7.50. The summed E-state index contributed by atoms with van der Waals surface area (Å²) in [5, 5.41) is 10.1. The largest absolute Gasteiger partial charge is 0.490 e. The molecule has 1 aromatic heterocycles. The first-order valence-electron chi connectivity index (χ1n) is 11.7. The number of nitrogens with zero attached hydrogens (tertiary/aromatic N) is 2.